The van der Waals surface area contributed by atoms with Crippen LogP contribution in [0, 0.1) is 68.2 Å². The molecule has 10 aromatic carbocycles. The van der Waals surface area contributed by atoms with Crippen molar-refractivity contribution in [1.29, 1.82) is 0 Å². The van der Waals surface area contributed by atoms with E-state index in [0.717, 1.165) is 102 Å². The molecule has 1 saturated carbocycles. The number of hydrogen-bond donors (Lipinski definition) is 4. The van der Waals surface area contributed by atoms with Gasteiger partial charge in [0.05, 0.1) is 13.5 Å². The van der Waals surface area contributed by atoms with Gasteiger partial charge in [-0.05, 0) is 197 Å². The summed E-state index contributed by atoms with van der Waals surface area (Å²) in [4.78, 5) is 67.6. The summed E-state index contributed by atoms with van der Waals surface area (Å²) in [5.74, 6) is 0.614. The minimum atomic E-state index is -0.146. The van der Waals surface area contributed by atoms with Crippen molar-refractivity contribution in [2.24, 2.45) is 5.92 Å². The van der Waals surface area contributed by atoms with Crippen LogP contribution in [0.1, 0.15) is 172 Å². The number of allylic oxidation sites excluding steroid dienone is 5. The van der Waals surface area contributed by atoms with Crippen LogP contribution in [0.15, 0.2) is 285 Å². The standard InChI is InChI=1S/C21H17NS.C19H21NO.C15H12OS.C13H16O2.C9H12.C8H8OS.C8H14O.C5H8O2/c23-21(18-12-6-2-7-13-18)16-20(17-10-4-1-5-11-17)22-19-14-8-3-9-15-19;1-13-10-14(2)19(15(3)11-13)18(21)12-16(4)20-17-8-6-5-7-9-17;16-14(12-7-3-1-4-8-12)11-15(17)13-9-5-2-6-10-13;1-8-5-9(2)13(10(3)6-8)12(15)7-11(4)14;1-7-4-8(2)6-9(3)5-7;1-9-8(10)7-5-3-2-4-6-7;1-7(9)8-5-3-2-4-6-8;1-4(6)3-5(2)7/h1-16,22H;5-12,20H,1-4H3;1-11,17H;5-7,15H,1-4H3;4-6H,1-3H3;2-6H,1H3;8H,2-6H2,1H3;3H2,1-2H3/b;;15-11-;12-7-;;;;. The number of carbonyl (C=O) groups excluding carboxylic acids is 6. The SMILES string of the molecule is CC(=CC(=O)c1c(C)cc(C)cc1C)Nc1ccccc1.CC(=O)/C=C(\O)c1c(C)cc(C)cc1C.CC(=O)C1CCCCC1.CC(=O)CC(C)=O.COC(=S)c1ccccc1.Cc1cc(C)cc(C)c1.O=C(/C=C(\S)c1ccccc1)c1ccccc1.S=C(C=C(Nc1ccccc1)c1ccccc1)c1ccccc1. The Labute approximate surface area is 676 Å². The van der Waals surface area contributed by atoms with Crippen LogP contribution >= 0.6 is 37.1 Å². The second-order valence-corrected chi connectivity index (χ2v) is 28.5. The quantitative estimate of drug-likeness (QED) is 0.0161. The molecule has 0 aromatic heterocycles. The average molecular weight is 1540 g/mol. The Morgan fingerprint density at radius 2 is 0.766 bits per heavy atom. The van der Waals surface area contributed by atoms with Crippen molar-refractivity contribution in [1.82, 2.24) is 0 Å². The van der Waals surface area contributed by atoms with E-state index >= 15 is 0 Å². The summed E-state index contributed by atoms with van der Waals surface area (Å²) in [5, 5.41) is 17.0. The number of thiol groups is 1. The first-order chi connectivity index (χ1) is 52.9. The maximum atomic E-state index is 12.5. The molecule has 0 atom stereocenters. The molecule has 0 amide bonds. The minimum absolute atomic E-state index is 0.0283. The molecule has 1 aliphatic rings. The van der Waals surface area contributed by atoms with Gasteiger partial charge in [0.25, 0.3) is 0 Å². The van der Waals surface area contributed by atoms with Crippen LogP contribution < -0.4 is 10.6 Å². The topological polar surface area (TPSA) is 156 Å². The van der Waals surface area contributed by atoms with Crippen LogP contribution in [0.2, 0.25) is 0 Å². The van der Waals surface area contributed by atoms with Crippen LogP contribution in [-0.2, 0) is 23.9 Å². The van der Waals surface area contributed by atoms with E-state index in [9.17, 15) is 33.9 Å². The molecule has 0 heterocycles. The van der Waals surface area contributed by atoms with E-state index in [4.69, 9.17) is 29.2 Å². The van der Waals surface area contributed by atoms with Crippen molar-refractivity contribution in [3.05, 3.63) is 374 Å². The van der Waals surface area contributed by atoms with Crippen molar-refractivity contribution in [2.75, 3.05) is 17.7 Å². The Morgan fingerprint density at radius 3 is 1.14 bits per heavy atom. The van der Waals surface area contributed by atoms with E-state index in [-0.39, 0.29) is 41.1 Å². The normalized spacial score (nSPS) is 11.6. The van der Waals surface area contributed by atoms with Gasteiger partial charge in [0, 0.05) is 72.9 Å². The molecule has 10 nitrogen and oxygen atoms in total. The van der Waals surface area contributed by atoms with Crippen LogP contribution in [0.5, 0.6) is 0 Å². The zero-order chi connectivity index (χ0) is 81.8. The molecule has 13 heteroatoms. The Balaban J connectivity index is 0.000000276. The number of methoxy groups -OCH3 is 1. The fourth-order valence-corrected chi connectivity index (χ4v) is 12.7. The van der Waals surface area contributed by atoms with Crippen LogP contribution in [-0.4, -0.2) is 56.8 Å². The summed E-state index contributed by atoms with van der Waals surface area (Å²) in [5.41, 5.74) is 20.6. The molecule has 0 radical (unpaired) electrons. The number of para-hydroxylation sites is 2. The van der Waals surface area contributed by atoms with E-state index in [1.807, 2.05) is 267 Å². The van der Waals surface area contributed by atoms with Crippen LogP contribution in [0.3, 0.4) is 0 Å². The largest absolute Gasteiger partial charge is 0.507 e. The minimum Gasteiger partial charge on any atom is -0.507 e. The number of nitrogens with one attached hydrogen (secondary N) is 2. The second kappa shape index (κ2) is 50.6. The second-order valence-electron chi connectivity index (χ2n) is 27.2. The lowest BCUT2D eigenvalue weighted by Gasteiger charge is -2.17. The van der Waals surface area contributed by atoms with E-state index in [0.29, 0.717) is 27.2 Å². The molecule has 1 fully saturated rings. The maximum absolute atomic E-state index is 12.5. The number of ketones is 6. The van der Waals surface area contributed by atoms with Gasteiger partial charge < -0.3 is 20.5 Å². The Morgan fingerprint density at radius 1 is 0.414 bits per heavy atom. The van der Waals surface area contributed by atoms with Gasteiger partial charge >= 0.3 is 0 Å². The summed E-state index contributed by atoms with van der Waals surface area (Å²) in [7, 11) is 1.58. The summed E-state index contributed by atoms with van der Waals surface area (Å²) in [6, 6.07) is 83.4. The van der Waals surface area contributed by atoms with Crippen molar-refractivity contribution >= 4 is 109 Å². The summed E-state index contributed by atoms with van der Waals surface area (Å²) in [6.07, 6.45) is 12.7. The molecular formula is C98H108N2O8S3. The highest BCUT2D eigenvalue weighted by Gasteiger charge is 2.17. The number of Topliss-reactive ketones (excluding diaryl/α,β-unsaturated/α-hetero) is 3. The van der Waals surface area contributed by atoms with Crippen LogP contribution in [0.25, 0.3) is 16.4 Å². The summed E-state index contributed by atoms with van der Waals surface area (Å²) < 4.78 is 4.87. The molecule has 0 spiro atoms. The Bertz CT molecular complexity index is 4650. The first kappa shape index (κ1) is 92.3. The molecule has 3 N–H and O–H groups in total. The number of carbonyl (C=O) groups is 6. The fourth-order valence-electron chi connectivity index (χ4n) is 12.0. The summed E-state index contributed by atoms with van der Waals surface area (Å²) >= 11 is 14.8. The number of thiocarbonyl (C=S) groups is 2. The lowest BCUT2D eigenvalue weighted by molar-refractivity contribution is -0.125. The van der Waals surface area contributed by atoms with Gasteiger partial charge in [-0.15, -0.1) is 12.6 Å². The predicted molar refractivity (Wildman–Crippen MR) is 477 cm³/mol. The van der Waals surface area contributed by atoms with Gasteiger partial charge in [-0.25, -0.2) is 0 Å². The molecule has 0 saturated heterocycles. The number of aryl methyl sites for hydroxylation is 9. The van der Waals surface area contributed by atoms with Gasteiger partial charge in [-0.2, -0.15) is 0 Å². The van der Waals surface area contributed by atoms with Crippen molar-refractivity contribution < 1.29 is 38.6 Å². The molecule has 10 aromatic rings. The highest BCUT2D eigenvalue weighted by atomic mass is 32.1. The zero-order valence-corrected chi connectivity index (χ0v) is 69.5. The predicted octanol–water partition coefficient (Wildman–Crippen LogP) is 24.6. The maximum Gasteiger partial charge on any atom is 0.190 e. The van der Waals surface area contributed by atoms with Crippen molar-refractivity contribution in [2.45, 2.75) is 135 Å². The molecule has 0 bridgehead atoms. The van der Waals surface area contributed by atoms with Gasteiger partial charge in [-0.3, -0.25) is 28.8 Å². The number of rotatable bonds is 18. The van der Waals surface area contributed by atoms with Gasteiger partial charge in [-0.1, -0.05) is 290 Å². The number of anilines is 2. The first-order valence-corrected chi connectivity index (χ1v) is 38.2. The monoisotopic (exact) mass is 1540 g/mol. The van der Waals surface area contributed by atoms with Gasteiger partial charge in [0.2, 0.25) is 0 Å². The first-order valence-electron chi connectivity index (χ1n) is 37.0. The van der Waals surface area contributed by atoms with Gasteiger partial charge in [0.15, 0.2) is 22.4 Å². The number of aliphatic hydroxyl groups is 1. The number of benzene rings is 10. The van der Waals surface area contributed by atoms with E-state index in [2.05, 4.69) is 74.4 Å². The number of ether oxygens (including phenoxy) is 1. The number of aliphatic hydroxyl groups excluding tert-OH is 1. The van der Waals surface area contributed by atoms with Crippen molar-refractivity contribution in [3.63, 3.8) is 0 Å². The Kier molecular flexibility index (Phi) is 42.1. The van der Waals surface area contributed by atoms with Crippen LogP contribution in [0.4, 0.5) is 11.4 Å². The molecule has 11 rings (SSSR count). The molecule has 1 aliphatic carbocycles. The third kappa shape index (κ3) is 36.8. The molecular weight excluding hydrogens is 1430 g/mol. The average Bonchev–Trinajstić information content (AvgIpc) is 0.842. The summed E-state index contributed by atoms with van der Waals surface area (Å²) in [6.45, 7) is 26.1. The van der Waals surface area contributed by atoms with Crippen molar-refractivity contribution in [3.8, 4) is 0 Å². The molecule has 576 valence electrons. The molecule has 0 unspecified atom stereocenters. The third-order valence-electron chi connectivity index (χ3n) is 16.8. The third-order valence-corrected chi connectivity index (χ3v) is 17.9. The van der Waals surface area contributed by atoms with E-state index < -0.39 is 0 Å². The van der Waals surface area contributed by atoms with E-state index in [1.165, 1.54) is 68.4 Å². The Hall–Kier alpha value is -11.1. The molecule has 111 heavy (non-hydrogen) atoms. The lowest BCUT2D eigenvalue weighted by Crippen LogP contribution is -2.13. The highest BCUT2D eigenvalue weighted by molar-refractivity contribution is 7.90. The smallest absolute Gasteiger partial charge is 0.190 e. The lowest BCUT2D eigenvalue weighted by atomic mass is 9.87. The number of hydrogen-bond acceptors (Lipinski definition) is 13. The highest BCUT2D eigenvalue weighted by Crippen LogP contribution is 2.26. The van der Waals surface area contributed by atoms with E-state index in [1.54, 1.807) is 38.3 Å². The van der Waals surface area contributed by atoms with Gasteiger partial charge in [0.1, 0.15) is 23.1 Å². The molecule has 0 aliphatic heterocycles. The zero-order valence-electron chi connectivity index (χ0n) is 66.9. The fraction of sp³-hybridized carbons (Fsp3) is 0.224.